The van der Waals surface area contributed by atoms with Gasteiger partial charge in [0.25, 0.3) is 0 Å². The van der Waals surface area contributed by atoms with Gasteiger partial charge in [-0.15, -0.1) is 5.10 Å². The molecule has 0 radical (unpaired) electrons. The van der Waals surface area contributed by atoms with Crippen LogP contribution in [0.1, 0.15) is 63.1 Å². The molecule has 0 fully saturated rings. The van der Waals surface area contributed by atoms with Gasteiger partial charge in [0.05, 0.1) is 11.7 Å². The Morgan fingerprint density at radius 1 is 1.13 bits per heavy atom. The van der Waals surface area contributed by atoms with Crippen molar-refractivity contribution < 1.29 is 5.82 Å². The van der Waals surface area contributed by atoms with Gasteiger partial charge in [0, 0.05) is 1.43 Å². The number of hydrogen-bond acceptors (Lipinski definition) is 3. The number of anilines is 1. The second-order valence-electron chi connectivity index (χ2n) is 5.47. The molecule has 4 heteroatoms. The van der Waals surface area contributed by atoms with E-state index in [0.29, 0.717) is 0 Å². The highest BCUT2D eigenvalue weighted by atomic mass is 19.1. The zero-order chi connectivity index (χ0) is 17.6. The van der Waals surface area contributed by atoms with Gasteiger partial charge in [-0.25, -0.2) is 4.39 Å². The Morgan fingerprint density at radius 3 is 2.35 bits per heavy atom. The average molecular weight is 319 g/mol. The summed E-state index contributed by atoms with van der Waals surface area (Å²) in [5, 5.41) is 11.9. The molecule has 1 N–H and O–H groups in total. The molecule has 0 saturated heterocycles. The lowest BCUT2D eigenvalue weighted by molar-refractivity contribution is 0.624. The summed E-state index contributed by atoms with van der Waals surface area (Å²) in [5.74, 6) is 0.587. The molecule has 3 nitrogen and oxygen atoms in total. The molecule has 128 valence electrons. The number of halogens is 1. The van der Waals surface area contributed by atoms with Crippen molar-refractivity contribution in [2.45, 2.75) is 60.9 Å². The van der Waals surface area contributed by atoms with Gasteiger partial charge in [-0.05, 0) is 68.5 Å². The lowest BCUT2D eigenvalue weighted by Crippen LogP contribution is -2.13. The van der Waals surface area contributed by atoms with E-state index in [0.717, 1.165) is 34.6 Å². The second kappa shape index (κ2) is 8.61. The van der Waals surface area contributed by atoms with Crippen LogP contribution in [0.15, 0.2) is 18.2 Å². The largest absolute Gasteiger partial charge is 0.362 e. The molecule has 0 spiro atoms. The van der Waals surface area contributed by atoms with Crippen molar-refractivity contribution in [3.63, 3.8) is 0 Å². The lowest BCUT2D eigenvalue weighted by atomic mass is 10.0. The molecule has 0 saturated carbocycles. The molecule has 0 unspecified atom stereocenters. The Morgan fingerprint density at radius 2 is 1.78 bits per heavy atom. The average Bonchev–Trinajstić information content (AvgIpc) is 2.54. The summed E-state index contributed by atoms with van der Waals surface area (Å²) in [6.07, 6.45) is 0.882. The van der Waals surface area contributed by atoms with Crippen molar-refractivity contribution in [1.82, 2.24) is 10.2 Å². The van der Waals surface area contributed by atoms with Crippen LogP contribution in [0.3, 0.4) is 0 Å². The van der Waals surface area contributed by atoms with Gasteiger partial charge in [-0.2, -0.15) is 5.10 Å². The minimum absolute atomic E-state index is 0. The van der Waals surface area contributed by atoms with E-state index in [1.165, 1.54) is 11.6 Å². The van der Waals surface area contributed by atoms with Gasteiger partial charge < -0.3 is 5.32 Å². The fraction of sp³-hybridized carbons (Fsp3) is 0.474. The third kappa shape index (κ3) is 4.50. The molecule has 23 heavy (non-hydrogen) atoms. The van der Waals surface area contributed by atoms with Crippen LogP contribution in [0.2, 0.25) is 0 Å². The first-order valence-corrected chi connectivity index (χ1v) is 8.29. The predicted octanol–water partition coefficient (Wildman–Crippen LogP) is 5.55. The maximum atomic E-state index is 13.2. The summed E-state index contributed by atoms with van der Waals surface area (Å²) in [5.41, 5.74) is 5.33. The normalized spacial score (nSPS) is 11.5. The highest BCUT2D eigenvalue weighted by molar-refractivity contribution is 5.49. The van der Waals surface area contributed by atoms with Crippen LogP contribution in [0, 0.1) is 26.6 Å². The number of rotatable bonds is 4. The fourth-order valence-corrected chi connectivity index (χ4v) is 2.54. The quantitative estimate of drug-likeness (QED) is 0.803. The number of aryl methyl sites for hydroxylation is 2. The van der Waals surface area contributed by atoms with Gasteiger partial charge in [0.2, 0.25) is 0 Å². The molecule has 2 aromatic rings. The third-order valence-corrected chi connectivity index (χ3v) is 4.01. The van der Waals surface area contributed by atoms with Crippen molar-refractivity contribution in [2.24, 2.45) is 0 Å². The molecule has 0 bridgehead atoms. The lowest BCUT2D eigenvalue weighted by Gasteiger charge is -2.19. The van der Waals surface area contributed by atoms with Crippen molar-refractivity contribution in [3.05, 3.63) is 52.0 Å². The van der Waals surface area contributed by atoms with Crippen molar-refractivity contribution in [3.8, 4) is 0 Å². The molecule has 2 rings (SSSR count). The second-order valence-corrected chi connectivity index (χ2v) is 5.47. The Bertz CT molecular complexity index is 659. The minimum Gasteiger partial charge on any atom is -0.362 e. The van der Waals surface area contributed by atoms with Gasteiger partial charge in [-0.3, -0.25) is 0 Å². The molecule has 1 aromatic heterocycles. The summed E-state index contributed by atoms with van der Waals surface area (Å²) < 4.78 is 13.2. The number of aromatic nitrogens is 2. The predicted molar refractivity (Wildman–Crippen MR) is 97.5 cm³/mol. The summed E-state index contributed by atoms with van der Waals surface area (Å²) in [6, 6.07) is 4.91. The maximum absolute atomic E-state index is 13.2. The molecular formula is C19H30FN3. The Kier molecular flexibility index (Phi) is 7.14. The van der Waals surface area contributed by atoms with E-state index in [2.05, 4.69) is 36.3 Å². The van der Waals surface area contributed by atoms with E-state index >= 15 is 0 Å². The number of hydrogen-bond donors (Lipinski definition) is 1. The standard InChI is InChI=1S/C17H22FN3.C2H6.H2/c1-6-16-11(3)12(4)17(21-20-16)19-13(5)15-8-7-14(18)9-10(15)2;1-2;/h7-9,13H,6H2,1-5H3,(H,19,21);1-2H3;1H/t13-;;/m1../s1. The van der Waals surface area contributed by atoms with E-state index in [9.17, 15) is 4.39 Å². The Labute approximate surface area is 140 Å². The summed E-state index contributed by atoms with van der Waals surface area (Å²) in [6.45, 7) is 14.2. The van der Waals surface area contributed by atoms with Gasteiger partial charge in [-0.1, -0.05) is 26.8 Å². The van der Waals surface area contributed by atoms with E-state index in [4.69, 9.17) is 0 Å². The first-order chi connectivity index (χ1) is 10.9. The topological polar surface area (TPSA) is 37.8 Å². The molecule has 0 amide bonds. The Balaban J connectivity index is 0.00000170. The first-order valence-electron chi connectivity index (χ1n) is 8.29. The third-order valence-electron chi connectivity index (χ3n) is 4.01. The van der Waals surface area contributed by atoms with Gasteiger partial charge in [0.15, 0.2) is 5.82 Å². The van der Waals surface area contributed by atoms with E-state index in [1.807, 2.05) is 33.8 Å². The smallest absolute Gasteiger partial charge is 0.152 e. The van der Waals surface area contributed by atoms with Crippen molar-refractivity contribution in [1.29, 1.82) is 0 Å². The van der Waals surface area contributed by atoms with E-state index in [1.54, 1.807) is 6.07 Å². The summed E-state index contributed by atoms with van der Waals surface area (Å²) in [7, 11) is 0. The van der Waals surface area contributed by atoms with Gasteiger partial charge >= 0.3 is 0 Å². The summed E-state index contributed by atoms with van der Waals surface area (Å²) in [4.78, 5) is 0. The zero-order valence-corrected chi connectivity index (χ0v) is 15.3. The van der Waals surface area contributed by atoms with E-state index < -0.39 is 0 Å². The minimum atomic E-state index is -0.206. The molecular weight excluding hydrogens is 289 g/mol. The zero-order valence-electron chi connectivity index (χ0n) is 15.3. The van der Waals surface area contributed by atoms with Crippen LogP contribution >= 0.6 is 0 Å². The highest BCUT2D eigenvalue weighted by Crippen LogP contribution is 2.25. The molecule has 1 atom stereocenters. The fourth-order valence-electron chi connectivity index (χ4n) is 2.54. The maximum Gasteiger partial charge on any atom is 0.152 e. The van der Waals surface area contributed by atoms with Gasteiger partial charge in [0.1, 0.15) is 5.82 Å². The Hall–Kier alpha value is -1.97. The van der Waals surface area contributed by atoms with Crippen LogP contribution in [0.25, 0.3) is 0 Å². The monoisotopic (exact) mass is 319 g/mol. The van der Waals surface area contributed by atoms with Crippen LogP contribution in [0.4, 0.5) is 10.2 Å². The van der Waals surface area contributed by atoms with Crippen molar-refractivity contribution in [2.75, 3.05) is 5.32 Å². The van der Waals surface area contributed by atoms with Crippen molar-refractivity contribution >= 4 is 5.82 Å². The number of nitrogens with zero attached hydrogens (tertiary/aromatic N) is 2. The summed E-state index contributed by atoms with van der Waals surface area (Å²) >= 11 is 0. The molecule has 0 aliphatic carbocycles. The number of benzene rings is 1. The number of nitrogens with one attached hydrogen (secondary N) is 1. The van der Waals surface area contributed by atoms with E-state index in [-0.39, 0.29) is 13.3 Å². The molecule has 0 aliphatic rings. The van der Waals surface area contributed by atoms with Crippen LogP contribution in [-0.4, -0.2) is 10.2 Å². The highest BCUT2D eigenvalue weighted by Gasteiger charge is 2.13. The van der Waals surface area contributed by atoms with Crippen LogP contribution < -0.4 is 5.32 Å². The van der Waals surface area contributed by atoms with Crippen LogP contribution in [0.5, 0.6) is 0 Å². The first kappa shape index (κ1) is 19.1. The molecule has 0 aliphatic heterocycles. The SMILES string of the molecule is CC.CCc1nnc(N[C@H](C)c2ccc(F)cc2C)c(C)c1C.[HH]. The molecule has 1 heterocycles. The molecule has 1 aromatic carbocycles. The van der Waals surface area contributed by atoms with Crippen LogP contribution in [-0.2, 0) is 6.42 Å².